The van der Waals surface area contributed by atoms with Crippen molar-refractivity contribution in [2.45, 2.75) is 11.7 Å². The van der Waals surface area contributed by atoms with E-state index in [0.29, 0.717) is 27.8 Å². The number of thioether (sulfide) groups is 1. The van der Waals surface area contributed by atoms with Crippen LogP contribution in [0.25, 0.3) is 0 Å². The molecule has 1 atom stereocenters. The normalized spacial score (nSPS) is 16.9. The minimum absolute atomic E-state index is 0.157. The number of carbonyl (C=O) groups excluding carboxylic acids is 2. The molecule has 4 rings (SSSR count). The quantitative estimate of drug-likeness (QED) is 0.346. The summed E-state index contributed by atoms with van der Waals surface area (Å²) in [6, 6.07) is 25.0. The monoisotopic (exact) mass is 493 g/mol. The molecule has 0 spiro atoms. The Morgan fingerprint density at radius 2 is 1.67 bits per heavy atom. The molecule has 1 aliphatic heterocycles. The van der Waals surface area contributed by atoms with Gasteiger partial charge in [0.2, 0.25) is 5.91 Å². The highest BCUT2D eigenvalue weighted by Gasteiger charge is 2.40. The lowest BCUT2D eigenvalue weighted by molar-refractivity contribution is -0.117. The summed E-state index contributed by atoms with van der Waals surface area (Å²) < 4.78 is 0. The number of amides is 2. The molecule has 2 amide bonds. The number of para-hydroxylation sites is 2. The van der Waals surface area contributed by atoms with Crippen molar-refractivity contribution in [1.29, 1.82) is 5.26 Å². The van der Waals surface area contributed by atoms with Crippen molar-refractivity contribution in [3.05, 3.63) is 105 Å². The van der Waals surface area contributed by atoms with Crippen molar-refractivity contribution < 1.29 is 9.59 Å². The van der Waals surface area contributed by atoms with Gasteiger partial charge in [0.25, 0.3) is 5.91 Å². The number of nitrogens with zero attached hydrogens (tertiary/aromatic N) is 2. The molecular formula is C25H17Cl2N3O2S. The molecule has 1 N–H and O–H groups in total. The van der Waals surface area contributed by atoms with Gasteiger partial charge in [-0.15, -0.1) is 0 Å². The van der Waals surface area contributed by atoms with E-state index in [-0.39, 0.29) is 16.5 Å². The van der Waals surface area contributed by atoms with E-state index in [0.717, 1.165) is 5.56 Å². The maximum atomic E-state index is 13.4. The van der Waals surface area contributed by atoms with Gasteiger partial charge < -0.3 is 5.32 Å². The molecule has 33 heavy (non-hydrogen) atoms. The molecule has 8 heteroatoms. The number of benzene rings is 3. The van der Waals surface area contributed by atoms with E-state index in [4.69, 9.17) is 23.2 Å². The summed E-state index contributed by atoms with van der Waals surface area (Å²) >= 11 is 13.3. The Morgan fingerprint density at radius 1 is 1.00 bits per heavy atom. The van der Waals surface area contributed by atoms with Gasteiger partial charge in [-0.25, -0.2) is 0 Å². The first kappa shape index (κ1) is 22.9. The van der Waals surface area contributed by atoms with Crippen molar-refractivity contribution in [2.75, 3.05) is 10.2 Å². The van der Waals surface area contributed by atoms with Gasteiger partial charge >= 0.3 is 0 Å². The summed E-state index contributed by atoms with van der Waals surface area (Å²) in [6.07, 6.45) is 0.429. The summed E-state index contributed by atoms with van der Waals surface area (Å²) in [5.74, 6) is -0.830. The lowest BCUT2D eigenvalue weighted by atomic mass is 10.1. The predicted molar refractivity (Wildman–Crippen MR) is 133 cm³/mol. The lowest BCUT2D eigenvalue weighted by Gasteiger charge is -2.18. The Labute approximate surface area is 205 Å². The minimum atomic E-state index is -0.631. The Hall–Kier alpha value is -3.24. The fourth-order valence-electron chi connectivity index (χ4n) is 3.38. The summed E-state index contributed by atoms with van der Waals surface area (Å²) in [4.78, 5) is 27.9. The third-order valence-corrected chi connectivity index (χ3v) is 6.82. The molecule has 0 aliphatic carbocycles. The van der Waals surface area contributed by atoms with E-state index in [1.54, 1.807) is 60.7 Å². The van der Waals surface area contributed by atoms with Crippen LogP contribution in [0.3, 0.4) is 0 Å². The molecule has 3 aromatic carbocycles. The molecule has 0 unspecified atom stereocenters. The van der Waals surface area contributed by atoms with Gasteiger partial charge in [0, 0.05) is 10.7 Å². The van der Waals surface area contributed by atoms with Gasteiger partial charge in [0.15, 0.2) is 0 Å². The smallest absolute Gasteiger partial charge is 0.269 e. The van der Waals surface area contributed by atoms with Crippen molar-refractivity contribution in [3.8, 4) is 6.07 Å². The number of hydrogen-bond acceptors (Lipinski definition) is 4. The Kier molecular flexibility index (Phi) is 7.05. The van der Waals surface area contributed by atoms with Gasteiger partial charge in [0.1, 0.15) is 16.7 Å². The number of halogens is 2. The summed E-state index contributed by atoms with van der Waals surface area (Å²) in [7, 11) is 0. The molecule has 0 aromatic heterocycles. The topological polar surface area (TPSA) is 73.2 Å². The first-order valence-electron chi connectivity index (χ1n) is 9.98. The highest BCUT2D eigenvalue weighted by atomic mass is 35.5. The first-order chi connectivity index (χ1) is 16.0. The average Bonchev–Trinajstić information content (AvgIpc) is 3.13. The van der Waals surface area contributed by atoms with E-state index < -0.39 is 11.2 Å². The average molecular weight is 494 g/mol. The van der Waals surface area contributed by atoms with Crippen molar-refractivity contribution in [3.63, 3.8) is 0 Å². The van der Waals surface area contributed by atoms with Crippen molar-refractivity contribution in [2.24, 2.45) is 0 Å². The Bertz CT molecular complexity index is 1270. The van der Waals surface area contributed by atoms with E-state index >= 15 is 0 Å². The summed E-state index contributed by atoms with van der Waals surface area (Å²) in [5, 5.41) is 13.3. The molecule has 1 fully saturated rings. The molecular weight excluding hydrogens is 477 g/mol. The van der Waals surface area contributed by atoms with Gasteiger partial charge in [0.05, 0.1) is 16.0 Å². The molecule has 1 heterocycles. The minimum Gasteiger partial charge on any atom is -0.320 e. The zero-order chi connectivity index (χ0) is 23.4. The third kappa shape index (κ3) is 5.07. The van der Waals surface area contributed by atoms with E-state index in [2.05, 4.69) is 5.32 Å². The second-order valence-corrected chi connectivity index (χ2v) is 9.21. The largest absolute Gasteiger partial charge is 0.320 e. The van der Waals surface area contributed by atoms with Crippen LogP contribution in [0.1, 0.15) is 5.56 Å². The molecule has 1 aliphatic rings. The molecule has 3 aromatic rings. The second kappa shape index (κ2) is 10.1. The van der Waals surface area contributed by atoms with Gasteiger partial charge in [-0.2, -0.15) is 5.26 Å². The number of anilines is 2. The first-order valence-corrected chi connectivity index (χ1v) is 11.6. The van der Waals surface area contributed by atoms with Crippen LogP contribution in [0.15, 0.2) is 89.5 Å². The van der Waals surface area contributed by atoms with Crippen LogP contribution >= 0.6 is 35.0 Å². The molecule has 0 saturated carbocycles. The predicted octanol–water partition coefficient (Wildman–Crippen LogP) is 6.06. The molecule has 164 valence electrons. The van der Waals surface area contributed by atoms with Gasteiger partial charge in [-0.05, 0) is 48.4 Å². The van der Waals surface area contributed by atoms with Crippen LogP contribution in [0.2, 0.25) is 10.0 Å². The molecule has 1 saturated heterocycles. The standard InChI is InChI=1S/C25H17Cl2N3O2S/c26-17-12-10-16(11-13-17)14-22-24(32)30(18-6-2-1-3-7-18)25(33-22)19(15-28)23(31)29-21-9-5-4-8-20(21)27/h1-13,22H,14H2,(H,29,31)/b25-19+/t22-/m0/s1. The summed E-state index contributed by atoms with van der Waals surface area (Å²) in [5.41, 5.74) is 1.74. The maximum Gasteiger partial charge on any atom is 0.269 e. The van der Waals surface area contributed by atoms with Crippen molar-refractivity contribution >= 4 is 58.2 Å². The second-order valence-electron chi connectivity index (χ2n) is 7.17. The van der Waals surface area contributed by atoms with E-state index in [1.165, 1.54) is 16.7 Å². The van der Waals surface area contributed by atoms with Gasteiger partial charge in [-0.1, -0.05) is 77.4 Å². The number of rotatable bonds is 5. The van der Waals surface area contributed by atoms with Gasteiger partial charge in [-0.3, -0.25) is 14.5 Å². The van der Waals surface area contributed by atoms with Crippen LogP contribution in [-0.4, -0.2) is 17.1 Å². The fraction of sp³-hybridized carbons (Fsp3) is 0.0800. The number of hydrogen-bond donors (Lipinski definition) is 1. The number of nitrogens with one attached hydrogen (secondary N) is 1. The molecule has 5 nitrogen and oxygen atoms in total. The highest BCUT2D eigenvalue weighted by Crippen LogP contribution is 2.42. The fourth-order valence-corrected chi connectivity index (χ4v) is 5.00. The van der Waals surface area contributed by atoms with Crippen LogP contribution < -0.4 is 10.2 Å². The highest BCUT2D eigenvalue weighted by molar-refractivity contribution is 8.05. The van der Waals surface area contributed by atoms with Crippen LogP contribution in [0, 0.1) is 11.3 Å². The van der Waals surface area contributed by atoms with E-state index in [1.807, 2.05) is 24.3 Å². The Balaban J connectivity index is 1.72. The van der Waals surface area contributed by atoms with Crippen LogP contribution in [0.5, 0.6) is 0 Å². The number of nitriles is 1. The molecule has 0 bridgehead atoms. The van der Waals surface area contributed by atoms with Crippen LogP contribution in [0.4, 0.5) is 11.4 Å². The zero-order valence-corrected chi connectivity index (χ0v) is 19.5. The lowest BCUT2D eigenvalue weighted by Crippen LogP contribution is -2.30. The SMILES string of the molecule is N#C/C(C(=O)Nc1ccccc1Cl)=C1\S[C@@H](Cc2ccc(Cl)cc2)C(=O)N1c1ccccc1. The number of carbonyl (C=O) groups is 2. The summed E-state index contributed by atoms with van der Waals surface area (Å²) in [6.45, 7) is 0. The zero-order valence-electron chi connectivity index (χ0n) is 17.2. The van der Waals surface area contributed by atoms with Crippen LogP contribution in [-0.2, 0) is 16.0 Å². The molecule has 0 radical (unpaired) electrons. The van der Waals surface area contributed by atoms with E-state index in [9.17, 15) is 14.9 Å². The third-order valence-electron chi connectivity index (χ3n) is 4.98. The maximum absolute atomic E-state index is 13.4. The van der Waals surface area contributed by atoms with Crippen molar-refractivity contribution in [1.82, 2.24) is 0 Å². The Morgan fingerprint density at radius 3 is 2.33 bits per heavy atom.